The van der Waals surface area contributed by atoms with Gasteiger partial charge in [0.05, 0.1) is 5.56 Å². The first-order chi connectivity index (χ1) is 10.4. The highest BCUT2D eigenvalue weighted by atomic mass is 16.3. The molecule has 0 fully saturated rings. The van der Waals surface area contributed by atoms with Crippen molar-refractivity contribution >= 4 is 17.5 Å². The summed E-state index contributed by atoms with van der Waals surface area (Å²) < 4.78 is 0. The molecule has 0 aliphatic rings. The third-order valence-corrected chi connectivity index (χ3v) is 3.28. The molecule has 0 radical (unpaired) electrons. The van der Waals surface area contributed by atoms with E-state index in [1.54, 1.807) is 63.5 Å². The monoisotopic (exact) mass is 298 g/mol. The Morgan fingerprint density at radius 2 is 1.68 bits per heavy atom. The summed E-state index contributed by atoms with van der Waals surface area (Å²) in [5, 5.41) is 12.6. The molecule has 0 aliphatic heterocycles. The molecule has 2 aromatic carbocycles. The van der Waals surface area contributed by atoms with E-state index in [0.717, 1.165) is 0 Å². The second-order valence-corrected chi connectivity index (χ2v) is 5.20. The number of carbonyl (C=O) groups excluding carboxylic acids is 2. The SMILES string of the molecule is Cc1cccc(C(=O)Nc2ccc(C(=O)N(C)C)cc2)c1O. The van der Waals surface area contributed by atoms with Gasteiger partial charge in [-0.2, -0.15) is 0 Å². The van der Waals surface area contributed by atoms with E-state index in [2.05, 4.69) is 5.32 Å². The number of benzene rings is 2. The fourth-order valence-corrected chi connectivity index (χ4v) is 1.99. The molecule has 5 nitrogen and oxygen atoms in total. The number of aromatic hydroxyl groups is 1. The Morgan fingerprint density at radius 1 is 1.05 bits per heavy atom. The lowest BCUT2D eigenvalue weighted by molar-refractivity contribution is 0.0827. The average Bonchev–Trinajstić information content (AvgIpc) is 2.50. The third kappa shape index (κ3) is 3.25. The minimum atomic E-state index is -0.395. The predicted molar refractivity (Wildman–Crippen MR) is 85.3 cm³/mol. The van der Waals surface area contributed by atoms with Crippen LogP contribution in [0.1, 0.15) is 26.3 Å². The molecule has 0 saturated carbocycles. The zero-order valence-corrected chi connectivity index (χ0v) is 12.8. The number of hydrogen-bond acceptors (Lipinski definition) is 3. The Kier molecular flexibility index (Phi) is 4.46. The summed E-state index contributed by atoms with van der Waals surface area (Å²) in [7, 11) is 3.36. The Morgan fingerprint density at radius 3 is 2.27 bits per heavy atom. The van der Waals surface area contributed by atoms with Crippen molar-refractivity contribution in [3.05, 3.63) is 59.2 Å². The first-order valence-electron chi connectivity index (χ1n) is 6.82. The molecule has 114 valence electrons. The molecule has 0 spiro atoms. The number of anilines is 1. The molecule has 0 atom stereocenters. The first kappa shape index (κ1) is 15.6. The molecular formula is C17H18N2O3. The maximum Gasteiger partial charge on any atom is 0.259 e. The van der Waals surface area contributed by atoms with Crippen molar-refractivity contribution in [3.63, 3.8) is 0 Å². The molecule has 2 N–H and O–H groups in total. The van der Waals surface area contributed by atoms with E-state index in [0.29, 0.717) is 16.8 Å². The van der Waals surface area contributed by atoms with Crippen molar-refractivity contribution in [2.75, 3.05) is 19.4 Å². The summed E-state index contributed by atoms with van der Waals surface area (Å²) in [5.74, 6) is -0.526. The van der Waals surface area contributed by atoms with Gasteiger partial charge in [0.25, 0.3) is 11.8 Å². The van der Waals surface area contributed by atoms with Gasteiger partial charge in [-0.3, -0.25) is 9.59 Å². The summed E-state index contributed by atoms with van der Waals surface area (Å²) in [6, 6.07) is 11.6. The van der Waals surface area contributed by atoms with Gasteiger partial charge in [-0.1, -0.05) is 12.1 Å². The summed E-state index contributed by atoms with van der Waals surface area (Å²) >= 11 is 0. The topological polar surface area (TPSA) is 69.6 Å². The zero-order chi connectivity index (χ0) is 16.3. The van der Waals surface area contributed by atoms with Gasteiger partial charge < -0.3 is 15.3 Å². The van der Waals surface area contributed by atoms with E-state index >= 15 is 0 Å². The maximum absolute atomic E-state index is 12.2. The second kappa shape index (κ2) is 6.30. The predicted octanol–water partition coefficient (Wildman–Crippen LogP) is 2.65. The Bertz CT molecular complexity index is 706. The highest BCUT2D eigenvalue weighted by Gasteiger charge is 2.13. The maximum atomic E-state index is 12.2. The lowest BCUT2D eigenvalue weighted by Gasteiger charge is -2.11. The molecule has 0 bridgehead atoms. The van der Waals surface area contributed by atoms with Crippen LogP contribution in [0.2, 0.25) is 0 Å². The Balaban J connectivity index is 2.16. The van der Waals surface area contributed by atoms with Crippen LogP contribution in [0, 0.1) is 6.92 Å². The Labute approximate surface area is 129 Å². The minimum absolute atomic E-state index is 0.0283. The number of phenols is 1. The fraction of sp³-hybridized carbons (Fsp3) is 0.176. The number of rotatable bonds is 3. The van der Waals surface area contributed by atoms with Crippen molar-refractivity contribution in [2.45, 2.75) is 6.92 Å². The van der Waals surface area contributed by atoms with Crippen molar-refractivity contribution in [1.29, 1.82) is 0 Å². The number of nitrogens with zero attached hydrogens (tertiary/aromatic N) is 1. The number of para-hydroxylation sites is 1. The molecule has 0 unspecified atom stereocenters. The lowest BCUT2D eigenvalue weighted by atomic mass is 10.1. The van der Waals surface area contributed by atoms with E-state index in [9.17, 15) is 14.7 Å². The summed E-state index contributed by atoms with van der Waals surface area (Å²) in [6.45, 7) is 1.73. The standard InChI is InChI=1S/C17H18N2O3/c1-11-5-4-6-14(15(11)20)16(21)18-13-9-7-12(8-10-13)17(22)19(2)3/h4-10,20H,1-3H3,(H,18,21). The molecule has 0 heterocycles. The van der Waals surface area contributed by atoms with E-state index in [-0.39, 0.29) is 17.2 Å². The quantitative estimate of drug-likeness (QED) is 0.915. The van der Waals surface area contributed by atoms with Crippen LogP contribution < -0.4 is 5.32 Å². The highest BCUT2D eigenvalue weighted by Crippen LogP contribution is 2.22. The van der Waals surface area contributed by atoms with Gasteiger partial charge in [0, 0.05) is 25.3 Å². The van der Waals surface area contributed by atoms with Crippen molar-refractivity contribution in [3.8, 4) is 5.75 Å². The van der Waals surface area contributed by atoms with Crippen LogP contribution in [0.4, 0.5) is 5.69 Å². The van der Waals surface area contributed by atoms with Gasteiger partial charge in [0.1, 0.15) is 5.75 Å². The molecule has 0 aromatic heterocycles. The van der Waals surface area contributed by atoms with Crippen molar-refractivity contribution in [1.82, 2.24) is 4.90 Å². The highest BCUT2D eigenvalue weighted by molar-refractivity contribution is 6.06. The van der Waals surface area contributed by atoms with Crippen molar-refractivity contribution < 1.29 is 14.7 Å². The summed E-state index contributed by atoms with van der Waals surface area (Å²) in [4.78, 5) is 25.4. The zero-order valence-electron chi connectivity index (χ0n) is 12.8. The van der Waals surface area contributed by atoms with E-state index in [4.69, 9.17) is 0 Å². The fourth-order valence-electron chi connectivity index (χ4n) is 1.99. The number of carbonyl (C=O) groups is 2. The number of amides is 2. The number of nitrogens with one attached hydrogen (secondary N) is 1. The van der Waals surface area contributed by atoms with E-state index < -0.39 is 5.91 Å². The molecule has 2 rings (SSSR count). The van der Waals surface area contributed by atoms with Gasteiger partial charge in [0.2, 0.25) is 0 Å². The second-order valence-electron chi connectivity index (χ2n) is 5.20. The average molecular weight is 298 g/mol. The van der Waals surface area contributed by atoms with Gasteiger partial charge >= 0.3 is 0 Å². The van der Waals surface area contributed by atoms with Crippen LogP contribution in [-0.4, -0.2) is 35.9 Å². The van der Waals surface area contributed by atoms with Crippen LogP contribution in [0.5, 0.6) is 5.75 Å². The molecule has 2 amide bonds. The normalized spacial score (nSPS) is 10.1. The molecule has 22 heavy (non-hydrogen) atoms. The number of hydrogen-bond donors (Lipinski definition) is 2. The smallest absolute Gasteiger partial charge is 0.259 e. The van der Waals surface area contributed by atoms with Gasteiger partial charge in [0.15, 0.2) is 0 Å². The van der Waals surface area contributed by atoms with Crippen LogP contribution in [-0.2, 0) is 0 Å². The summed E-state index contributed by atoms with van der Waals surface area (Å²) in [5.41, 5.74) is 1.95. The number of phenolic OH excluding ortho intramolecular Hbond substituents is 1. The lowest BCUT2D eigenvalue weighted by Crippen LogP contribution is -2.21. The largest absolute Gasteiger partial charge is 0.507 e. The van der Waals surface area contributed by atoms with Gasteiger partial charge in [-0.15, -0.1) is 0 Å². The van der Waals surface area contributed by atoms with Crippen LogP contribution in [0.25, 0.3) is 0 Å². The summed E-state index contributed by atoms with van der Waals surface area (Å²) in [6.07, 6.45) is 0. The van der Waals surface area contributed by atoms with E-state index in [1.807, 2.05) is 0 Å². The molecule has 0 saturated heterocycles. The number of aryl methyl sites for hydroxylation is 1. The molecule has 0 aliphatic carbocycles. The molecule has 5 heteroatoms. The minimum Gasteiger partial charge on any atom is -0.507 e. The van der Waals surface area contributed by atoms with Gasteiger partial charge in [-0.05, 0) is 42.8 Å². The third-order valence-electron chi connectivity index (χ3n) is 3.28. The Hall–Kier alpha value is -2.82. The molecular weight excluding hydrogens is 280 g/mol. The van der Waals surface area contributed by atoms with Crippen molar-refractivity contribution in [2.24, 2.45) is 0 Å². The van der Waals surface area contributed by atoms with Crippen LogP contribution in [0.3, 0.4) is 0 Å². The van der Waals surface area contributed by atoms with Crippen LogP contribution in [0.15, 0.2) is 42.5 Å². The first-order valence-corrected chi connectivity index (χ1v) is 6.82. The van der Waals surface area contributed by atoms with Crippen LogP contribution >= 0.6 is 0 Å². The molecule has 2 aromatic rings. The van der Waals surface area contributed by atoms with Gasteiger partial charge in [-0.25, -0.2) is 0 Å². The van der Waals surface area contributed by atoms with E-state index in [1.165, 1.54) is 4.90 Å².